The topological polar surface area (TPSA) is 97.8 Å². The molecule has 0 aliphatic heterocycles. The van der Waals surface area contributed by atoms with Crippen LogP contribution in [0.15, 0.2) is 41.4 Å². The Morgan fingerprint density at radius 3 is 2.54 bits per heavy atom. The van der Waals surface area contributed by atoms with Crippen molar-refractivity contribution in [2.75, 3.05) is 7.05 Å². The summed E-state index contributed by atoms with van der Waals surface area (Å²) in [5, 5.41) is 5.12. The second kappa shape index (κ2) is 7.50. The molecule has 0 spiro atoms. The molecule has 1 unspecified atom stereocenters. The van der Waals surface area contributed by atoms with E-state index in [1.54, 1.807) is 41.5 Å². The second-order valence-electron chi connectivity index (χ2n) is 6.65. The van der Waals surface area contributed by atoms with Crippen LogP contribution in [0.2, 0.25) is 0 Å². The lowest BCUT2D eigenvalue weighted by molar-refractivity contribution is -0.126. The number of nitrogens with zero attached hydrogens (tertiary/aromatic N) is 3. The van der Waals surface area contributed by atoms with Crippen molar-refractivity contribution in [2.45, 2.75) is 31.7 Å². The van der Waals surface area contributed by atoms with Crippen LogP contribution < -0.4 is 5.14 Å². The fourth-order valence-corrected chi connectivity index (χ4v) is 4.29. The van der Waals surface area contributed by atoms with E-state index in [2.05, 4.69) is 4.98 Å². The van der Waals surface area contributed by atoms with E-state index in [0.29, 0.717) is 0 Å². The van der Waals surface area contributed by atoms with Gasteiger partial charge in [-0.15, -0.1) is 11.3 Å². The molecule has 0 radical (unpaired) electrons. The fraction of sp³-hybridized carbons (Fsp3) is 0.263. The molecule has 1 aromatic carbocycles. The number of thiazole rings is 1. The van der Waals surface area contributed by atoms with Crippen LogP contribution in [0.4, 0.5) is 0 Å². The molecule has 0 saturated carbocycles. The first-order valence-corrected chi connectivity index (χ1v) is 11.0. The van der Waals surface area contributed by atoms with Gasteiger partial charge < -0.3 is 4.90 Å². The van der Waals surface area contributed by atoms with Crippen molar-refractivity contribution < 1.29 is 13.2 Å². The Kier molecular flexibility index (Phi) is 5.42. The van der Waals surface area contributed by atoms with Gasteiger partial charge in [-0.1, -0.05) is 12.1 Å². The zero-order valence-corrected chi connectivity index (χ0v) is 17.7. The first-order chi connectivity index (χ1) is 13.1. The van der Waals surface area contributed by atoms with Gasteiger partial charge in [0.15, 0.2) is 4.96 Å². The highest BCUT2D eigenvalue weighted by Gasteiger charge is 2.17. The molecule has 0 aliphatic carbocycles. The van der Waals surface area contributed by atoms with Crippen molar-refractivity contribution in [3.05, 3.63) is 58.4 Å². The number of hydrogen-bond acceptors (Lipinski definition) is 5. The molecule has 3 aromatic rings. The van der Waals surface area contributed by atoms with E-state index in [1.165, 1.54) is 18.2 Å². The van der Waals surface area contributed by atoms with Crippen molar-refractivity contribution in [3.63, 3.8) is 0 Å². The number of likely N-dealkylation sites (N-methyl/N-ethyl adjacent to an activating group) is 1. The summed E-state index contributed by atoms with van der Waals surface area (Å²) in [5.41, 5.74) is 2.56. The first-order valence-electron chi connectivity index (χ1n) is 8.60. The number of amides is 1. The van der Waals surface area contributed by atoms with Crippen LogP contribution in [-0.2, 0) is 14.8 Å². The zero-order valence-electron chi connectivity index (χ0n) is 16.1. The molecule has 2 N–H and O–H groups in total. The number of imidazole rings is 1. The van der Waals surface area contributed by atoms with Gasteiger partial charge in [0.25, 0.3) is 0 Å². The van der Waals surface area contributed by atoms with Crippen LogP contribution in [0.1, 0.15) is 34.8 Å². The molecular formula is C19H22N4O3S2. The lowest BCUT2D eigenvalue weighted by Gasteiger charge is -2.24. The van der Waals surface area contributed by atoms with Crippen LogP contribution in [0.25, 0.3) is 11.0 Å². The number of primary sulfonamides is 1. The predicted molar refractivity (Wildman–Crippen MR) is 111 cm³/mol. The van der Waals surface area contributed by atoms with Crippen molar-refractivity contribution in [2.24, 2.45) is 5.14 Å². The van der Waals surface area contributed by atoms with E-state index >= 15 is 0 Å². The van der Waals surface area contributed by atoms with Crippen LogP contribution in [0.3, 0.4) is 0 Å². The van der Waals surface area contributed by atoms with E-state index in [1.807, 2.05) is 31.4 Å². The van der Waals surface area contributed by atoms with Gasteiger partial charge in [-0.3, -0.25) is 9.20 Å². The predicted octanol–water partition coefficient (Wildman–Crippen LogP) is 2.89. The Morgan fingerprint density at radius 1 is 1.29 bits per heavy atom. The number of hydrogen-bond donors (Lipinski definition) is 1. The monoisotopic (exact) mass is 418 g/mol. The third kappa shape index (κ3) is 4.01. The Bertz CT molecular complexity index is 1160. The van der Waals surface area contributed by atoms with Gasteiger partial charge in [0.2, 0.25) is 15.9 Å². The third-order valence-corrected chi connectivity index (χ3v) is 6.49. The molecule has 0 fully saturated rings. The summed E-state index contributed by atoms with van der Waals surface area (Å²) >= 11 is 1.60. The highest BCUT2D eigenvalue weighted by Crippen LogP contribution is 2.23. The van der Waals surface area contributed by atoms with Crippen LogP contribution >= 0.6 is 11.3 Å². The quantitative estimate of drug-likeness (QED) is 0.644. The summed E-state index contributed by atoms with van der Waals surface area (Å²) in [5.74, 6) is -0.163. The molecule has 3 rings (SSSR count). The maximum absolute atomic E-state index is 12.6. The summed E-state index contributed by atoms with van der Waals surface area (Å²) in [4.78, 5) is 20.8. The van der Waals surface area contributed by atoms with E-state index in [-0.39, 0.29) is 16.8 Å². The third-order valence-electron chi connectivity index (χ3n) is 4.67. The molecule has 1 atom stereocenters. The maximum Gasteiger partial charge on any atom is 0.246 e. The number of aromatic nitrogens is 2. The molecular weight excluding hydrogens is 396 g/mol. The number of carbonyl (C=O) groups excluding carboxylic acids is 1. The Labute approximate surface area is 168 Å². The van der Waals surface area contributed by atoms with Gasteiger partial charge in [-0.05, 0) is 44.5 Å². The SMILES string of the molecule is Cc1cn2c(/C=C/C(=O)N(C)C(C)c3ccc(S(N)(=O)=O)cc3)c(C)nc2s1. The number of sulfonamides is 1. The largest absolute Gasteiger partial charge is 0.335 e. The van der Waals surface area contributed by atoms with Crippen molar-refractivity contribution in [3.8, 4) is 0 Å². The van der Waals surface area contributed by atoms with Gasteiger partial charge in [0, 0.05) is 24.2 Å². The second-order valence-corrected chi connectivity index (χ2v) is 9.42. The maximum atomic E-state index is 12.6. The molecule has 2 heterocycles. The average molecular weight is 419 g/mol. The van der Waals surface area contributed by atoms with Gasteiger partial charge in [0.1, 0.15) is 0 Å². The molecule has 0 saturated heterocycles. The van der Waals surface area contributed by atoms with Crippen LogP contribution in [0.5, 0.6) is 0 Å². The minimum absolute atomic E-state index is 0.0450. The van der Waals surface area contributed by atoms with Crippen molar-refractivity contribution in [1.29, 1.82) is 0 Å². The standard InChI is InChI=1S/C19H22N4O3S2/c1-12-11-23-17(13(2)21-19(23)27-12)9-10-18(24)22(4)14(3)15-5-7-16(8-6-15)28(20,25)26/h5-11,14H,1-4H3,(H2,20,25,26)/b10-9+. The molecule has 7 nitrogen and oxygen atoms in total. The minimum atomic E-state index is -3.74. The Morgan fingerprint density at radius 2 is 1.93 bits per heavy atom. The summed E-state index contributed by atoms with van der Waals surface area (Å²) in [6.07, 6.45) is 5.30. The van der Waals surface area contributed by atoms with Gasteiger partial charge >= 0.3 is 0 Å². The molecule has 28 heavy (non-hydrogen) atoms. The van der Waals surface area contributed by atoms with Gasteiger partial charge in [-0.25, -0.2) is 18.5 Å². The lowest BCUT2D eigenvalue weighted by atomic mass is 10.1. The van der Waals surface area contributed by atoms with E-state index < -0.39 is 10.0 Å². The van der Waals surface area contributed by atoms with Crippen molar-refractivity contribution in [1.82, 2.24) is 14.3 Å². The summed E-state index contributed by atoms with van der Waals surface area (Å²) in [7, 11) is -2.03. The number of aryl methyl sites for hydroxylation is 2. The number of carbonyl (C=O) groups is 1. The van der Waals surface area contributed by atoms with E-state index in [4.69, 9.17) is 5.14 Å². The summed E-state index contributed by atoms with van der Waals surface area (Å²) in [6, 6.07) is 5.98. The lowest BCUT2D eigenvalue weighted by Crippen LogP contribution is -2.28. The molecule has 9 heteroatoms. The van der Waals surface area contributed by atoms with Crippen molar-refractivity contribution >= 4 is 38.3 Å². The number of benzene rings is 1. The fourth-order valence-electron chi connectivity index (χ4n) is 2.90. The number of fused-ring (bicyclic) bond motifs is 1. The smallest absolute Gasteiger partial charge is 0.246 e. The molecule has 0 aliphatic rings. The van der Waals surface area contributed by atoms with Crippen LogP contribution in [-0.4, -0.2) is 35.7 Å². The normalized spacial score (nSPS) is 13.3. The summed E-state index contributed by atoms with van der Waals surface area (Å²) in [6.45, 7) is 5.81. The zero-order chi connectivity index (χ0) is 20.6. The molecule has 148 valence electrons. The minimum Gasteiger partial charge on any atom is -0.335 e. The summed E-state index contributed by atoms with van der Waals surface area (Å²) < 4.78 is 24.7. The highest BCUT2D eigenvalue weighted by molar-refractivity contribution is 7.89. The molecule has 2 aromatic heterocycles. The Balaban J connectivity index is 1.78. The van der Waals surface area contributed by atoms with E-state index in [0.717, 1.165) is 26.8 Å². The molecule has 1 amide bonds. The van der Waals surface area contributed by atoms with Crippen LogP contribution in [0, 0.1) is 13.8 Å². The van der Waals surface area contributed by atoms with E-state index in [9.17, 15) is 13.2 Å². The number of rotatable bonds is 5. The average Bonchev–Trinajstić information content (AvgIpc) is 3.12. The Hall–Kier alpha value is -2.49. The highest BCUT2D eigenvalue weighted by atomic mass is 32.2. The number of nitrogens with two attached hydrogens (primary N) is 1. The first kappa shape index (κ1) is 20.2. The van der Waals surface area contributed by atoms with Gasteiger partial charge in [0.05, 0.1) is 22.3 Å². The molecule has 0 bridgehead atoms. The van der Waals surface area contributed by atoms with Gasteiger partial charge in [-0.2, -0.15) is 0 Å².